The van der Waals surface area contributed by atoms with Crippen molar-refractivity contribution >= 4 is 38.6 Å². The van der Waals surface area contributed by atoms with Gasteiger partial charge >= 0.3 is 0 Å². The monoisotopic (exact) mass is 353 g/mol. The lowest BCUT2D eigenvalue weighted by Crippen LogP contribution is -2.14. The SMILES string of the molecule is Br.COc1c(C)c2c(c(Br)c1N)COCO2. The van der Waals surface area contributed by atoms with Gasteiger partial charge in [-0.3, -0.25) is 0 Å². The van der Waals surface area contributed by atoms with Crippen LogP contribution in [0.3, 0.4) is 0 Å². The zero-order valence-electron chi connectivity index (χ0n) is 9.00. The van der Waals surface area contributed by atoms with Crippen LogP contribution in [0.25, 0.3) is 0 Å². The van der Waals surface area contributed by atoms with E-state index in [1.165, 1.54) is 0 Å². The standard InChI is InChI=1S/C10H12BrNO3.BrH/c1-5-9-6(3-14-4-15-9)7(11)8(12)10(5)13-2;/h3-4,12H2,1-2H3;1H. The molecular weight excluding hydrogens is 342 g/mol. The van der Waals surface area contributed by atoms with Crippen LogP contribution in [-0.4, -0.2) is 13.9 Å². The molecule has 0 fully saturated rings. The highest BCUT2D eigenvalue weighted by atomic mass is 79.9. The van der Waals surface area contributed by atoms with Crippen molar-refractivity contribution in [2.24, 2.45) is 0 Å². The average Bonchev–Trinajstić information content (AvgIpc) is 2.27. The first kappa shape index (κ1) is 13.6. The summed E-state index contributed by atoms with van der Waals surface area (Å²) in [6.07, 6.45) is 0. The van der Waals surface area contributed by atoms with E-state index in [-0.39, 0.29) is 23.8 Å². The maximum Gasteiger partial charge on any atom is 0.189 e. The van der Waals surface area contributed by atoms with Crippen LogP contribution in [-0.2, 0) is 11.3 Å². The van der Waals surface area contributed by atoms with E-state index in [2.05, 4.69) is 15.9 Å². The smallest absolute Gasteiger partial charge is 0.189 e. The fourth-order valence-corrected chi connectivity index (χ4v) is 2.20. The van der Waals surface area contributed by atoms with Gasteiger partial charge in [0.1, 0.15) is 11.5 Å². The lowest BCUT2D eigenvalue weighted by Gasteiger charge is -2.23. The Labute approximate surface area is 113 Å². The van der Waals surface area contributed by atoms with Gasteiger partial charge in [0.25, 0.3) is 0 Å². The molecule has 1 heterocycles. The molecule has 1 aromatic carbocycles. The quantitative estimate of drug-likeness (QED) is 0.788. The molecule has 0 unspecified atom stereocenters. The van der Waals surface area contributed by atoms with E-state index in [0.29, 0.717) is 18.0 Å². The Hall–Kier alpha value is -0.460. The van der Waals surface area contributed by atoms with Gasteiger partial charge < -0.3 is 19.9 Å². The molecule has 90 valence electrons. The van der Waals surface area contributed by atoms with E-state index in [4.69, 9.17) is 19.9 Å². The molecule has 2 N–H and O–H groups in total. The number of anilines is 1. The van der Waals surface area contributed by atoms with Crippen molar-refractivity contribution in [3.8, 4) is 11.5 Å². The number of nitrogen functional groups attached to an aromatic ring is 1. The summed E-state index contributed by atoms with van der Waals surface area (Å²) in [7, 11) is 1.59. The van der Waals surface area contributed by atoms with Crippen molar-refractivity contribution in [3.05, 3.63) is 15.6 Å². The minimum Gasteiger partial charge on any atom is -0.494 e. The molecule has 0 bridgehead atoms. The van der Waals surface area contributed by atoms with Crippen molar-refractivity contribution in [1.82, 2.24) is 0 Å². The topological polar surface area (TPSA) is 53.7 Å². The van der Waals surface area contributed by atoms with Crippen molar-refractivity contribution in [1.29, 1.82) is 0 Å². The van der Waals surface area contributed by atoms with Crippen LogP contribution in [0.1, 0.15) is 11.1 Å². The van der Waals surface area contributed by atoms with Crippen LogP contribution in [0.15, 0.2) is 4.47 Å². The Kier molecular flexibility index (Phi) is 4.46. The molecule has 0 aliphatic carbocycles. The van der Waals surface area contributed by atoms with Gasteiger partial charge in [-0.1, -0.05) is 0 Å². The number of ether oxygens (including phenoxy) is 3. The van der Waals surface area contributed by atoms with E-state index in [9.17, 15) is 0 Å². The van der Waals surface area contributed by atoms with E-state index < -0.39 is 0 Å². The predicted octanol–water partition coefficient (Wildman–Crippen LogP) is 2.79. The summed E-state index contributed by atoms with van der Waals surface area (Å²) < 4.78 is 16.7. The Morgan fingerprint density at radius 2 is 2.12 bits per heavy atom. The van der Waals surface area contributed by atoms with E-state index >= 15 is 0 Å². The van der Waals surface area contributed by atoms with Gasteiger partial charge in [0.15, 0.2) is 6.79 Å². The maximum absolute atomic E-state index is 5.94. The van der Waals surface area contributed by atoms with E-state index in [1.54, 1.807) is 7.11 Å². The zero-order chi connectivity index (χ0) is 11.0. The minimum atomic E-state index is 0. The Morgan fingerprint density at radius 3 is 2.75 bits per heavy atom. The molecule has 1 aromatic rings. The molecule has 0 saturated carbocycles. The maximum atomic E-state index is 5.94. The molecule has 0 saturated heterocycles. The van der Waals surface area contributed by atoms with E-state index in [1.807, 2.05) is 6.92 Å². The third-order valence-electron chi connectivity index (χ3n) is 2.44. The number of rotatable bonds is 1. The lowest BCUT2D eigenvalue weighted by atomic mass is 10.1. The van der Waals surface area contributed by atoms with Crippen molar-refractivity contribution in [2.45, 2.75) is 13.5 Å². The number of hydrogen-bond acceptors (Lipinski definition) is 4. The Morgan fingerprint density at radius 1 is 1.44 bits per heavy atom. The van der Waals surface area contributed by atoms with Crippen LogP contribution in [0.4, 0.5) is 5.69 Å². The summed E-state index contributed by atoms with van der Waals surface area (Å²) in [6, 6.07) is 0. The molecule has 16 heavy (non-hydrogen) atoms. The highest BCUT2D eigenvalue weighted by Gasteiger charge is 2.23. The van der Waals surface area contributed by atoms with Gasteiger partial charge in [0.05, 0.1) is 23.9 Å². The highest BCUT2D eigenvalue weighted by molar-refractivity contribution is 9.10. The number of methoxy groups -OCH3 is 1. The summed E-state index contributed by atoms with van der Waals surface area (Å²) in [4.78, 5) is 0. The van der Waals surface area contributed by atoms with Gasteiger partial charge in [-0.15, -0.1) is 17.0 Å². The van der Waals surface area contributed by atoms with Gasteiger partial charge in [-0.2, -0.15) is 0 Å². The second-order valence-electron chi connectivity index (χ2n) is 3.30. The third-order valence-corrected chi connectivity index (χ3v) is 3.34. The van der Waals surface area contributed by atoms with Crippen LogP contribution < -0.4 is 15.2 Å². The van der Waals surface area contributed by atoms with Crippen molar-refractivity contribution in [3.63, 3.8) is 0 Å². The fourth-order valence-electron chi connectivity index (χ4n) is 1.73. The molecule has 1 aliphatic heterocycles. The minimum absolute atomic E-state index is 0. The first-order valence-electron chi connectivity index (χ1n) is 4.51. The number of benzene rings is 1. The molecule has 0 spiro atoms. The normalized spacial score (nSPS) is 13.4. The number of nitrogens with two attached hydrogens (primary N) is 1. The summed E-state index contributed by atoms with van der Waals surface area (Å²) >= 11 is 3.43. The Bertz CT molecular complexity index is 410. The lowest BCUT2D eigenvalue weighted by molar-refractivity contribution is -0.0173. The van der Waals surface area contributed by atoms with Gasteiger partial charge in [-0.25, -0.2) is 0 Å². The summed E-state index contributed by atoms with van der Waals surface area (Å²) in [5, 5.41) is 0. The summed E-state index contributed by atoms with van der Waals surface area (Å²) in [5.41, 5.74) is 8.38. The predicted molar refractivity (Wildman–Crippen MR) is 70.4 cm³/mol. The van der Waals surface area contributed by atoms with Crippen LogP contribution in [0.5, 0.6) is 11.5 Å². The Balaban J connectivity index is 0.00000128. The number of hydrogen-bond donors (Lipinski definition) is 1. The molecule has 2 rings (SSSR count). The first-order chi connectivity index (χ1) is 7.16. The average molecular weight is 355 g/mol. The second kappa shape index (κ2) is 5.25. The van der Waals surface area contributed by atoms with Crippen LogP contribution in [0, 0.1) is 6.92 Å². The molecule has 1 aliphatic rings. The largest absolute Gasteiger partial charge is 0.494 e. The summed E-state index contributed by atoms with van der Waals surface area (Å²) in [6.45, 7) is 2.70. The van der Waals surface area contributed by atoms with Crippen LogP contribution in [0.2, 0.25) is 0 Å². The molecule has 0 aromatic heterocycles. The van der Waals surface area contributed by atoms with Crippen LogP contribution >= 0.6 is 32.9 Å². The molecule has 4 nitrogen and oxygen atoms in total. The van der Waals surface area contributed by atoms with Gasteiger partial charge in [-0.05, 0) is 22.9 Å². The van der Waals surface area contributed by atoms with E-state index in [0.717, 1.165) is 21.3 Å². The molecule has 0 radical (unpaired) electrons. The number of halogens is 2. The second-order valence-corrected chi connectivity index (χ2v) is 4.10. The van der Waals surface area contributed by atoms with Crippen molar-refractivity contribution < 1.29 is 14.2 Å². The van der Waals surface area contributed by atoms with Gasteiger partial charge in [0.2, 0.25) is 0 Å². The third kappa shape index (κ3) is 2.01. The molecule has 6 heteroatoms. The first-order valence-corrected chi connectivity index (χ1v) is 5.31. The van der Waals surface area contributed by atoms with Crippen molar-refractivity contribution in [2.75, 3.05) is 19.6 Å². The summed E-state index contributed by atoms with van der Waals surface area (Å²) in [5.74, 6) is 1.46. The molecular formula is C10H13Br2NO3. The molecule has 0 amide bonds. The zero-order valence-corrected chi connectivity index (χ0v) is 12.3. The number of fused-ring (bicyclic) bond motifs is 1. The fraction of sp³-hybridized carbons (Fsp3) is 0.400. The molecule has 0 atom stereocenters. The highest BCUT2D eigenvalue weighted by Crippen LogP contribution is 2.44. The van der Waals surface area contributed by atoms with Gasteiger partial charge in [0, 0.05) is 11.1 Å².